The molecule has 2 aromatic carbocycles. The zero-order valence-electron chi connectivity index (χ0n) is 12.9. The molecule has 0 fully saturated rings. The van der Waals surface area contributed by atoms with Crippen molar-refractivity contribution in [2.45, 2.75) is 27.7 Å². The summed E-state index contributed by atoms with van der Waals surface area (Å²) in [7, 11) is 0. The molecule has 0 saturated heterocycles. The molecule has 23 heavy (non-hydrogen) atoms. The van der Waals surface area contributed by atoms with Crippen molar-refractivity contribution < 1.29 is 5.48 Å². The van der Waals surface area contributed by atoms with E-state index in [1.807, 2.05) is 39.8 Å². The molecule has 2 rings (SSSR count). The number of halogens is 6. The van der Waals surface area contributed by atoms with E-state index in [1.54, 1.807) is 0 Å². The van der Waals surface area contributed by atoms with Gasteiger partial charge in [-0.2, -0.15) is 0 Å². The van der Waals surface area contributed by atoms with Gasteiger partial charge in [-0.15, -0.1) is 0 Å². The van der Waals surface area contributed by atoms with E-state index in [0.29, 0.717) is 30.1 Å². The first kappa shape index (κ1) is 23.1. The lowest BCUT2D eigenvalue weighted by Gasteiger charge is -2.05. The summed E-state index contributed by atoms with van der Waals surface area (Å²) in [6.07, 6.45) is 0. The van der Waals surface area contributed by atoms with E-state index in [9.17, 15) is 0 Å². The van der Waals surface area contributed by atoms with E-state index in [0.717, 1.165) is 22.3 Å². The summed E-state index contributed by atoms with van der Waals surface area (Å²) in [6, 6.07) is 3.62. The molecule has 0 amide bonds. The van der Waals surface area contributed by atoms with Crippen LogP contribution in [0.2, 0.25) is 30.1 Å². The first-order valence-corrected chi connectivity index (χ1v) is 8.56. The van der Waals surface area contributed by atoms with Gasteiger partial charge in [-0.1, -0.05) is 69.6 Å². The maximum atomic E-state index is 5.87. The van der Waals surface area contributed by atoms with E-state index in [1.165, 1.54) is 0 Å². The van der Waals surface area contributed by atoms with Crippen molar-refractivity contribution in [3.8, 4) is 0 Å². The fourth-order valence-corrected chi connectivity index (χ4v) is 3.12. The monoisotopic (exact) mass is 434 g/mol. The quantitative estimate of drug-likeness (QED) is 0.379. The van der Waals surface area contributed by atoms with E-state index < -0.39 is 0 Å². The van der Waals surface area contributed by atoms with Gasteiger partial charge in [0.25, 0.3) is 0 Å². The molecule has 0 aromatic heterocycles. The van der Waals surface area contributed by atoms with Crippen LogP contribution >= 0.6 is 69.6 Å². The number of hydrogen-bond acceptors (Lipinski definition) is 0. The highest BCUT2D eigenvalue weighted by molar-refractivity contribution is 6.45. The average molecular weight is 437 g/mol. The van der Waals surface area contributed by atoms with Crippen LogP contribution in [0.5, 0.6) is 0 Å². The molecule has 2 N–H and O–H groups in total. The Morgan fingerprint density at radius 1 is 0.522 bits per heavy atom. The van der Waals surface area contributed by atoms with Gasteiger partial charge in [0.1, 0.15) is 0 Å². The largest absolute Gasteiger partial charge is 0.412 e. The maximum Gasteiger partial charge on any atom is 0.0639 e. The molecule has 0 unspecified atom stereocenters. The number of aryl methyl sites for hydroxylation is 2. The highest BCUT2D eigenvalue weighted by Gasteiger charge is 2.08. The SMILES string of the molecule is Cc1cc(Cl)c(C)c(Cl)c1Cl.Cc1cc(Cl)c(C)c(Cl)c1Cl.O. The molecule has 0 heterocycles. The van der Waals surface area contributed by atoms with Crippen LogP contribution < -0.4 is 0 Å². The summed E-state index contributed by atoms with van der Waals surface area (Å²) in [6.45, 7) is 7.44. The Hall–Kier alpha value is 0.140. The third-order valence-corrected chi connectivity index (χ3v) is 6.04. The molecule has 0 spiro atoms. The molecule has 0 aliphatic heterocycles. The van der Waals surface area contributed by atoms with Crippen molar-refractivity contribution >= 4 is 69.6 Å². The van der Waals surface area contributed by atoms with Crippen molar-refractivity contribution in [1.82, 2.24) is 0 Å². The number of rotatable bonds is 0. The lowest BCUT2D eigenvalue weighted by molar-refractivity contribution is 0.824. The Morgan fingerprint density at radius 3 is 1.04 bits per heavy atom. The van der Waals surface area contributed by atoms with Crippen LogP contribution in [0.1, 0.15) is 22.3 Å². The average Bonchev–Trinajstić information content (AvgIpc) is 2.47. The standard InChI is InChI=1S/2C8H7Cl3.H2O/c2*1-4-3-6(9)5(2)8(11)7(4)10;/h2*3H,1-2H3;1H2. The second-order valence-electron chi connectivity index (χ2n) is 4.86. The predicted octanol–water partition coefficient (Wildman–Crippen LogP) is 7.70. The molecule has 0 saturated carbocycles. The molecule has 0 radical (unpaired) electrons. The Balaban J connectivity index is 0.000000403. The van der Waals surface area contributed by atoms with Crippen LogP contribution in [0.3, 0.4) is 0 Å². The molecular weight excluding hydrogens is 421 g/mol. The maximum absolute atomic E-state index is 5.87. The van der Waals surface area contributed by atoms with Gasteiger partial charge in [0.15, 0.2) is 0 Å². The van der Waals surface area contributed by atoms with Gasteiger partial charge in [-0.25, -0.2) is 0 Å². The molecule has 0 aliphatic rings. The van der Waals surface area contributed by atoms with Crippen molar-refractivity contribution in [3.63, 3.8) is 0 Å². The Morgan fingerprint density at radius 2 is 0.783 bits per heavy atom. The summed E-state index contributed by atoms with van der Waals surface area (Å²) in [4.78, 5) is 0. The van der Waals surface area contributed by atoms with Gasteiger partial charge in [-0.3, -0.25) is 0 Å². The van der Waals surface area contributed by atoms with Gasteiger partial charge in [0, 0.05) is 10.0 Å². The second kappa shape index (κ2) is 9.58. The van der Waals surface area contributed by atoms with Crippen LogP contribution in [0.15, 0.2) is 12.1 Å². The number of benzene rings is 2. The highest BCUT2D eigenvalue weighted by Crippen LogP contribution is 2.34. The van der Waals surface area contributed by atoms with Crippen LogP contribution in [0.4, 0.5) is 0 Å². The summed E-state index contributed by atoms with van der Waals surface area (Å²) in [5.74, 6) is 0. The number of hydrogen-bond donors (Lipinski definition) is 0. The summed E-state index contributed by atoms with van der Waals surface area (Å²) >= 11 is 35.2. The molecule has 0 aliphatic carbocycles. The van der Waals surface area contributed by atoms with Crippen molar-refractivity contribution in [1.29, 1.82) is 0 Å². The minimum Gasteiger partial charge on any atom is -0.412 e. The lowest BCUT2D eigenvalue weighted by atomic mass is 10.2. The Kier molecular flexibility index (Phi) is 9.64. The topological polar surface area (TPSA) is 31.5 Å². The van der Waals surface area contributed by atoms with Gasteiger partial charge in [0.2, 0.25) is 0 Å². The molecule has 0 bridgehead atoms. The van der Waals surface area contributed by atoms with E-state index in [-0.39, 0.29) is 5.48 Å². The minimum atomic E-state index is 0. The molecule has 1 nitrogen and oxygen atoms in total. The predicted molar refractivity (Wildman–Crippen MR) is 106 cm³/mol. The molecule has 2 aromatic rings. The van der Waals surface area contributed by atoms with Crippen molar-refractivity contribution in [2.24, 2.45) is 0 Å². The third-order valence-electron chi connectivity index (χ3n) is 3.14. The summed E-state index contributed by atoms with van der Waals surface area (Å²) in [5.41, 5.74) is 3.49. The van der Waals surface area contributed by atoms with E-state index in [2.05, 4.69) is 0 Å². The van der Waals surface area contributed by atoms with Crippen LogP contribution in [-0.4, -0.2) is 5.48 Å². The van der Waals surface area contributed by atoms with Crippen molar-refractivity contribution in [2.75, 3.05) is 0 Å². The molecule has 0 atom stereocenters. The van der Waals surface area contributed by atoms with E-state index >= 15 is 0 Å². The fraction of sp³-hybridized carbons (Fsp3) is 0.250. The molecular formula is C16H16Cl6O. The van der Waals surface area contributed by atoms with Gasteiger partial charge in [-0.05, 0) is 62.1 Å². The van der Waals surface area contributed by atoms with Crippen LogP contribution in [0, 0.1) is 27.7 Å². The van der Waals surface area contributed by atoms with Crippen molar-refractivity contribution in [3.05, 3.63) is 64.5 Å². The molecule has 128 valence electrons. The van der Waals surface area contributed by atoms with Gasteiger partial charge >= 0.3 is 0 Å². The summed E-state index contributed by atoms with van der Waals surface area (Å²) < 4.78 is 0. The van der Waals surface area contributed by atoms with Crippen LogP contribution in [-0.2, 0) is 0 Å². The zero-order chi connectivity index (χ0) is 17.2. The van der Waals surface area contributed by atoms with Gasteiger partial charge in [0.05, 0.1) is 20.1 Å². The highest BCUT2D eigenvalue weighted by atomic mass is 35.5. The summed E-state index contributed by atoms with van der Waals surface area (Å²) in [5, 5.41) is 3.62. The first-order chi connectivity index (χ1) is 10.1. The Labute approximate surface area is 166 Å². The second-order valence-corrected chi connectivity index (χ2v) is 7.18. The smallest absolute Gasteiger partial charge is 0.0639 e. The lowest BCUT2D eigenvalue weighted by Crippen LogP contribution is -1.83. The van der Waals surface area contributed by atoms with Crippen LogP contribution in [0.25, 0.3) is 0 Å². The molecule has 7 heteroatoms. The normalized spacial score (nSPS) is 9.83. The zero-order valence-corrected chi connectivity index (χ0v) is 17.5. The van der Waals surface area contributed by atoms with Gasteiger partial charge < -0.3 is 5.48 Å². The third kappa shape index (κ3) is 5.57. The fourth-order valence-electron chi connectivity index (χ4n) is 1.61. The first-order valence-electron chi connectivity index (χ1n) is 6.29. The Bertz CT molecular complexity index is 599. The van der Waals surface area contributed by atoms with E-state index in [4.69, 9.17) is 69.6 Å². The minimum absolute atomic E-state index is 0.